The molecule has 0 amide bonds. The minimum atomic E-state index is -0.643. The van der Waals surface area contributed by atoms with Crippen LogP contribution >= 0.6 is 0 Å². The van der Waals surface area contributed by atoms with E-state index >= 15 is 0 Å². The molecule has 0 fully saturated rings. The lowest BCUT2D eigenvalue weighted by Crippen LogP contribution is -2.16. The van der Waals surface area contributed by atoms with Crippen molar-refractivity contribution in [3.63, 3.8) is 0 Å². The van der Waals surface area contributed by atoms with E-state index in [2.05, 4.69) is 0 Å². The van der Waals surface area contributed by atoms with Crippen molar-refractivity contribution in [1.82, 2.24) is 0 Å². The van der Waals surface area contributed by atoms with Gasteiger partial charge in [0.2, 0.25) is 5.78 Å². The lowest BCUT2D eigenvalue weighted by atomic mass is 9.93. The van der Waals surface area contributed by atoms with Crippen molar-refractivity contribution in [2.24, 2.45) is 0 Å². The molecular formula is C10H6O4. The number of hydrogen-bond donors (Lipinski definition) is 2. The van der Waals surface area contributed by atoms with Crippen LogP contribution in [0.5, 0.6) is 5.75 Å². The van der Waals surface area contributed by atoms with Crippen LogP contribution in [0.15, 0.2) is 30.0 Å². The zero-order valence-corrected chi connectivity index (χ0v) is 7.02. The molecule has 2 rings (SSSR count). The number of fused-ring (bicyclic) bond motifs is 1. The minimum Gasteiger partial charge on any atom is -0.508 e. The first-order valence-corrected chi connectivity index (χ1v) is 3.92. The lowest BCUT2D eigenvalue weighted by molar-refractivity contribution is 0.0939. The number of hydrogen-bond acceptors (Lipinski definition) is 4. The second-order valence-corrected chi connectivity index (χ2v) is 2.95. The highest BCUT2D eigenvalue weighted by Gasteiger charge is 2.25. The highest BCUT2D eigenvalue weighted by molar-refractivity contribution is 6.23. The third kappa shape index (κ3) is 1.08. The summed E-state index contributed by atoms with van der Waals surface area (Å²) in [5.74, 6) is -1.78. The number of aliphatic hydroxyl groups excluding tert-OH is 1. The van der Waals surface area contributed by atoms with Crippen molar-refractivity contribution in [3.05, 3.63) is 41.2 Å². The molecular weight excluding hydrogens is 184 g/mol. The molecule has 0 unspecified atom stereocenters. The predicted octanol–water partition coefficient (Wildman–Crippen LogP) is 1.21. The zero-order valence-electron chi connectivity index (χ0n) is 7.02. The number of phenolic OH excluding ortho intramolecular Hbond substituents is 1. The van der Waals surface area contributed by atoms with Crippen LogP contribution in [0.1, 0.15) is 20.7 Å². The summed E-state index contributed by atoms with van der Waals surface area (Å²) in [7, 11) is 0. The molecule has 0 saturated carbocycles. The third-order valence-corrected chi connectivity index (χ3v) is 2.01. The molecule has 1 aliphatic carbocycles. The number of aliphatic hydroxyl groups is 1. The summed E-state index contributed by atoms with van der Waals surface area (Å²) in [6, 6.07) is 3.84. The fraction of sp³-hybridized carbons (Fsp3) is 0. The van der Waals surface area contributed by atoms with Crippen molar-refractivity contribution in [2.45, 2.75) is 0 Å². The maximum absolute atomic E-state index is 11.3. The number of benzene rings is 1. The van der Waals surface area contributed by atoms with Gasteiger partial charge in [0.1, 0.15) is 5.75 Å². The average Bonchev–Trinajstić information content (AvgIpc) is 2.14. The first-order valence-electron chi connectivity index (χ1n) is 3.92. The molecule has 0 saturated heterocycles. The smallest absolute Gasteiger partial charge is 0.228 e. The van der Waals surface area contributed by atoms with E-state index in [0.717, 1.165) is 6.08 Å². The molecule has 4 nitrogen and oxygen atoms in total. The molecule has 14 heavy (non-hydrogen) atoms. The highest BCUT2D eigenvalue weighted by atomic mass is 16.3. The van der Waals surface area contributed by atoms with Crippen molar-refractivity contribution in [1.29, 1.82) is 0 Å². The number of phenols is 1. The van der Waals surface area contributed by atoms with Crippen LogP contribution in [0.25, 0.3) is 0 Å². The number of ketones is 2. The van der Waals surface area contributed by atoms with Gasteiger partial charge in [-0.3, -0.25) is 9.59 Å². The van der Waals surface area contributed by atoms with E-state index in [9.17, 15) is 9.59 Å². The lowest BCUT2D eigenvalue weighted by Gasteiger charge is -2.10. The van der Waals surface area contributed by atoms with Crippen molar-refractivity contribution in [2.75, 3.05) is 0 Å². The number of carbonyl (C=O) groups is 2. The molecule has 0 bridgehead atoms. The average molecular weight is 190 g/mol. The Bertz CT molecular complexity index is 471. The van der Waals surface area contributed by atoms with E-state index < -0.39 is 17.3 Å². The zero-order chi connectivity index (χ0) is 10.3. The van der Waals surface area contributed by atoms with Gasteiger partial charge in [0.05, 0.1) is 0 Å². The normalized spacial score (nSPS) is 15.0. The summed E-state index contributed by atoms with van der Waals surface area (Å²) in [5, 5.41) is 18.2. The van der Waals surface area contributed by atoms with E-state index in [1.165, 1.54) is 18.2 Å². The van der Waals surface area contributed by atoms with Gasteiger partial charge in [0.25, 0.3) is 0 Å². The summed E-state index contributed by atoms with van der Waals surface area (Å²) < 4.78 is 0. The maximum Gasteiger partial charge on any atom is 0.228 e. The molecule has 0 radical (unpaired) electrons. The van der Waals surface area contributed by atoms with Crippen LogP contribution in [-0.2, 0) is 0 Å². The van der Waals surface area contributed by atoms with Crippen molar-refractivity contribution >= 4 is 11.6 Å². The molecule has 1 aliphatic rings. The molecule has 0 atom stereocenters. The monoisotopic (exact) mass is 190 g/mol. The number of carbonyl (C=O) groups excluding carboxylic acids is 2. The van der Waals surface area contributed by atoms with Crippen molar-refractivity contribution in [3.8, 4) is 5.75 Å². The summed E-state index contributed by atoms with van der Waals surface area (Å²) in [6.45, 7) is 0. The second-order valence-electron chi connectivity index (χ2n) is 2.95. The van der Waals surface area contributed by atoms with Gasteiger partial charge in [-0.05, 0) is 18.2 Å². The van der Waals surface area contributed by atoms with Crippen LogP contribution in [0.2, 0.25) is 0 Å². The quantitative estimate of drug-likeness (QED) is 0.644. The Morgan fingerprint density at radius 1 is 1.00 bits per heavy atom. The molecule has 0 heterocycles. The first-order chi connectivity index (χ1) is 6.59. The van der Waals surface area contributed by atoms with Crippen LogP contribution < -0.4 is 0 Å². The van der Waals surface area contributed by atoms with Crippen LogP contribution in [0.4, 0.5) is 0 Å². The standard InChI is InChI=1S/C10H6O4/c11-5-1-2-6-7(3-5)10(14)9(13)4-8(6)12/h1-4,11,13H. The number of aromatic hydroxyl groups is 1. The van der Waals surface area contributed by atoms with Gasteiger partial charge in [-0.1, -0.05) is 0 Å². The fourth-order valence-corrected chi connectivity index (χ4v) is 1.34. The van der Waals surface area contributed by atoms with Gasteiger partial charge < -0.3 is 10.2 Å². The molecule has 0 aromatic heterocycles. The topological polar surface area (TPSA) is 74.6 Å². The molecule has 0 aliphatic heterocycles. The summed E-state index contributed by atoms with van der Waals surface area (Å²) in [4.78, 5) is 22.6. The van der Waals surface area contributed by atoms with Gasteiger partial charge in [0, 0.05) is 17.2 Å². The molecule has 4 heteroatoms. The predicted molar refractivity (Wildman–Crippen MR) is 47.5 cm³/mol. The Morgan fingerprint density at radius 3 is 2.43 bits per heavy atom. The maximum atomic E-state index is 11.3. The molecule has 1 aromatic carbocycles. The van der Waals surface area contributed by atoms with E-state index in [4.69, 9.17) is 10.2 Å². The first kappa shape index (κ1) is 8.50. The highest BCUT2D eigenvalue weighted by Crippen LogP contribution is 2.23. The van der Waals surface area contributed by atoms with Crippen LogP contribution in [0.3, 0.4) is 0 Å². The summed E-state index contributed by atoms with van der Waals surface area (Å²) >= 11 is 0. The van der Waals surface area contributed by atoms with E-state index in [1.807, 2.05) is 0 Å². The summed E-state index contributed by atoms with van der Waals surface area (Å²) in [6.07, 6.45) is 0.877. The van der Waals surface area contributed by atoms with Gasteiger partial charge in [-0.2, -0.15) is 0 Å². The van der Waals surface area contributed by atoms with E-state index in [-0.39, 0.29) is 16.9 Å². The Labute approximate surface area is 79.1 Å². The Morgan fingerprint density at radius 2 is 1.71 bits per heavy atom. The Hall–Kier alpha value is -2.10. The minimum absolute atomic E-state index is 0.0370. The number of rotatable bonds is 0. The van der Waals surface area contributed by atoms with Gasteiger partial charge in [-0.25, -0.2) is 0 Å². The number of Topliss-reactive ketones (excluding diaryl/α,β-unsaturated/α-hetero) is 1. The molecule has 70 valence electrons. The van der Waals surface area contributed by atoms with E-state index in [1.54, 1.807) is 0 Å². The Balaban J connectivity index is 2.69. The van der Waals surface area contributed by atoms with E-state index in [0.29, 0.717) is 0 Å². The second kappa shape index (κ2) is 2.70. The van der Waals surface area contributed by atoms with Gasteiger partial charge >= 0.3 is 0 Å². The van der Waals surface area contributed by atoms with Crippen LogP contribution in [-0.4, -0.2) is 21.8 Å². The summed E-state index contributed by atoms with van der Waals surface area (Å²) in [5.41, 5.74) is 0.237. The molecule has 1 aromatic rings. The van der Waals surface area contributed by atoms with Crippen molar-refractivity contribution < 1.29 is 19.8 Å². The number of allylic oxidation sites excluding steroid dienone is 2. The van der Waals surface area contributed by atoms with Crippen LogP contribution in [0, 0.1) is 0 Å². The molecule has 2 N–H and O–H groups in total. The Kier molecular flexibility index (Phi) is 1.64. The van der Waals surface area contributed by atoms with Gasteiger partial charge in [-0.15, -0.1) is 0 Å². The van der Waals surface area contributed by atoms with Gasteiger partial charge in [0.15, 0.2) is 11.5 Å². The third-order valence-electron chi connectivity index (χ3n) is 2.01. The fourth-order valence-electron chi connectivity index (χ4n) is 1.34. The molecule has 0 spiro atoms. The largest absolute Gasteiger partial charge is 0.508 e. The SMILES string of the molecule is O=C1C=C(O)C(=O)c2cc(O)ccc21.